The number of nitrogens with zero attached hydrogens (tertiary/aromatic N) is 2. The maximum absolute atomic E-state index is 12.8. The monoisotopic (exact) mass is 399 g/mol. The van der Waals surface area contributed by atoms with Crippen molar-refractivity contribution in [1.82, 2.24) is 0 Å². The van der Waals surface area contributed by atoms with Gasteiger partial charge in [-0.25, -0.2) is 0 Å². The summed E-state index contributed by atoms with van der Waals surface area (Å²) in [6, 6.07) is 11.4. The summed E-state index contributed by atoms with van der Waals surface area (Å²) in [6.45, 7) is 6.27. The molecule has 2 aromatic rings. The molecular formula is C21H25N3O5. The van der Waals surface area contributed by atoms with Gasteiger partial charge in [-0.1, -0.05) is 13.0 Å². The van der Waals surface area contributed by atoms with E-state index in [1.165, 1.54) is 12.1 Å². The van der Waals surface area contributed by atoms with Gasteiger partial charge >= 0.3 is 0 Å². The number of rotatable bonds is 7. The first kappa shape index (κ1) is 20.6. The molecule has 8 nitrogen and oxygen atoms in total. The normalized spacial score (nSPS) is 14.9. The number of hydrogen-bond donors (Lipinski definition) is 1. The predicted molar refractivity (Wildman–Crippen MR) is 111 cm³/mol. The second kappa shape index (κ2) is 9.38. The van der Waals surface area contributed by atoms with E-state index in [4.69, 9.17) is 9.47 Å². The molecule has 0 spiro atoms. The molecule has 0 aromatic heterocycles. The van der Waals surface area contributed by atoms with Crippen LogP contribution in [0.4, 0.5) is 17.1 Å². The van der Waals surface area contributed by atoms with Crippen LogP contribution in [0.25, 0.3) is 0 Å². The van der Waals surface area contributed by atoms with Crippen LogP contribution in [-0.4, -0.2) is 43.2 Å². The minimum Gasteiger partial charge on any atom is -0.491 e. The van der Waals surface area contributed by atoms with E-state index in [2.05, 4.69) is 5.32 Å². The number of benzene rings is 2. The molecule has 0 bridgehead atoms. The Bertz CT molecular complexity index is 880. The van der Waals surface area contributed by atoms with Crippen molar-refractivity contribution < 1.29 is 19.2 Å². The summed E-state index contributed by atoms with van der Waals surface area (Å²) in [5.41, 5.74) is 1.57. The predicted octanol–water partition coefficient (Wildman–Crippen LogP) is 3.86. The third-order valence-electron chi connectivity index (χ3n) is 4.80. The summed E-state index contributed by atoms with van der Waals surface area (Å²) in [7, 11) is 0. The van der Waals surface area contributed by atoms with Crippen molar-refractivity contribution in [2.75, 3.05) is 36.5 Å². The van der Waals surface area contributed by atoms with Crippen molar-refractivity contribution in [1.29, 1.82) is 0 Å². The molecule has 1 fully saturated rings. The summed E-state index contributed by atoms with van der Waals surface area (Å²) in [5.74, 6) is 0.326. The van der Waals surface area contributed by atoms with E-state index in [9.17, 15) is 14.9 Å². The third kappa shape index (κ3) is 5.23. The van der Waals surface area contributed by atoms with Gasteiger partial charge < -0.3 is 19.7 Å². The molecule has 2 aromatic carbocycles. The molecule has 1 saturated heterocycles. The summed E-state index contributed by atoms with van der Waals surface area (Å²) in [6.07, 6.45) is 0.915. The van der Waals surface area contributed by atoms with Gasteiger partial charge in [-0.2, -0.15) is 0 Å². The van der Waals surface area contributed by atoms with Crippen molar-refractivity contribution in [3.63, 3.8) is 0 Å². The van der Waals surface area contributed by atoms with Crippen LogP contribution in [0.2, 0.25) is 0 Å². The Labute approximate surface area is 169 Å². The largest absolute Gasteiger partial charge is 0.491 e. The van der Waals surface area contributed by atoms with E-state index in [1.54, 1.807) is 24.3 Å². The van der Waals surface area contributed by atoms with Gasteiger partial charge in [0.1, 0.15) is 5.75 Å². The number of amides is 1. The lowest BCUT2D eigenvalue weighted by molar-refractivity contribution is -0.384. The summed E-state index contributed by atoms with van der Waals surface area (Å²) >= 11 is 0. The third-order valence-corrected chi connectivity index (χ3v) is 4.80. The smallest absolute Gasteiger partial charge is 0.271 e. The van der Waals surface area contributed by atoms with Crippen LogP contribution in [0.1, 0.15) is 30.6 Å². The van der Waals surface area contributed by atoms with Crippen LogP contribution < -0.4 is 15.0 Å². The average Bonchev–Trinajstić information content (AvgIpc) is 2.74. The quantitative estimate of drug-likeness (QED) is 0.561. The molecule has 0 radical (unpaired) electrons. The number of carbonyl (C=O) groups excluding carboxylic acids is 1. The number of anilines is 2. The van der Waals surface area contributed by atoms with Crippen LogP contribution in [0.3, 0.4) is 0 Å². The maximum atomic E-state index is 12.8. The molecule has 0 saturated carbocycles. The zero-order valence-corrected chi connectivity index (χ0v) is 16.6. The van der Waals surface area contributed by atoms with Crippen molar-refractivity contribution >= 4 is 23.0 Å². The molecule has 29 heavy (non-hydrogen) atoms. The van der Waals surface area contributed by atoms with Crippen molar-refractivity contribution in [2.24, 2.45) is 0 Å². The van der Waals surface area contributed by atoms with E-state index in [-0.39, 0.29) is 17.7 Å². The number of nitrogens with one attached hydrogen (secondary N) is 1. The van der Waals surface area contributed by atoms with Gasteiger partial charge in [0.05, 0.1) is 35.6 Å². The standard InChI is InChI=1S/C21H25N3O5/c1-3-15(2)29-18-6-4-5-16(13-18)21(25)22-19-8-7-17(24(26)27)14-20(19)23-9-11-28-12-10-23/h4-8,13-15H,3,9-12H2,1-2H3,(H,22,25). The topological polar surface area (TPSA) is 93.9 Å². The zero-order valence-electron chi connectivity index (χ0n) is 16.6. The van der Waals surface area contributed by atoms with Crippen LogP contribution in [-0.2, 0) is 4.74 Å². The summed E-state index contributed by atoms with van der Waals surface area (Å²) in [4.78, 5) is 25.6. The average molecular weight is 399 g/mol. The first-order valence-corrected chi connectivity index (χ1v) is 9.67. The number of nitro groups is 1. The second-order valence-corrected chi connectivity index (χ2v) is 6.88. The lowest BCUT2D eigenvalue weighted by Gasteiger charge is -2.30. The van der Waals surface area contributed by atoms with Crippen molar-refractivity contribution in [2.45, 2.75) is 26.4 Å². The van der Waals surface area contributed by atoms with Gasteiger partial charge in [-0.05, 0) is 37.6 Å². The highest BCUT2D eigenvalue weighted by atomic mass is 16.6. The Kier molecular flexibility index (Phi) is 6.66. The van der Waals surface area contributed by atoms with Crippen LogP contribution in [0, 0.1) is 10.1 Å². The number of carbonyl (C=O) groups is 1. The molecule has 3 rings (SSSR count). The fraction of sp³-hybridized carbons (Fsp3) is 0.381. The molecule has 1 aliphatic rings. The Morgan fingerprint density at radius 1 is 1.28 bits per heavy atom. The molecule has 154 valence electrons. The highest BCUT2D eigenvalue weighted by Crippen LogP contribution is 2.31. The van der Waals surface area contributed by atoms with Crippen LogP contribution in [0.15, 0.2) is 42.5 Å². The molecule has 1 N–H and O–H groups in total. The number of morpholine rings is 1. The van der Waals surface area contributed by atoms with E-state index in [0.29, 0.717) is 49.0 Å². The second-order valence-electron chi connectivity index (χ2n) is 6.88. The van der Waals surface area contributed by atoms with Gasteiger partial charge in [0.15, 0.2) is 0 Å². The van der Waals surface area contributed by atoms with Gasteiger partial charge in [-0.3, -0.25) is 14.9 Å². The minimum atomic E-state index is -0.439. The molecule has 1 atom stereocenters. The molecular weight excluding hydrogens is 374 g/mol. The lowest BCUT2D eigenvalue weighted by Crippen LogP contribution is -2.36. The molecule has 1 amide bonds. The zero-order chi connectivity index (χ0) is 20.8. The fourth-order valence-corrected chi connectivity index (χ4v) is 3.03. The Morgan fingerprint density at radius 3 is 2.72 bits per heavy atom. The first-order valence-electron chi connectivity index (χ1n) is 9.67. The van der Waals surface area contributed by atoms with Crippen LogP contribution >= 0.6 is 0 Å². The Morgan fingerprint density at radius 2 is 2.03 bits per heavy atom. The molecule has 8 heteroatoms. The van der Waals surface area contributed by atoms with E-state index in [1.807, 2.05) is 24.8 Å². The van der Waals surface area contributed by atoms with Crippen molar-refractivity contribution in [3.05, 3.63) is 58.1 Å². The molecule has 1 heterocycles. The van der Waals surface area contributed by atoms with E-state index < -0.39 is 4.92 Å². The van der Waals surface area contributed by atoms with Crippen LogP contribution in [0.5, 0.6) is 5.75 Å². The van der Waals surface area contributed by atoms with E-state index >= 15 is 0 Å². The molecule has 1 unspecified atom stereocenters. The highest BCUT2D eigenvalue weighted by Gasteiger charge is 2.20. The van der Waals surface area contributed by atoms with Crippen molar-refractivity contribution in [3.8, 4) is 5.75 Å². The maximum Gasteiger partial charge on any atom is 0.271 e. The Hall–Kier alpha value is -3.13. The van der Waals surface area contributed by atoms with E-state index in [0.717, 1.165) is 6.42 Å². The highest BCUT2D eigenvalue weighted by molar-refractivity contribution is 6.06. The number of nitro benzene ring substituents is 1. The molecule has 0 aliphatic carbocycles. The van der Waals surface area contributed by atoms with Gasteiger partial charge in [0.25, 0.3) is 11.6 Å². The number of hydrogen-bond acceptors (Lipinski definition) is 6. The first-order chi connectivity index (χ1) is 14.0. The van der Waals surface area contributed by atoms with Gasteiger partial charge in [0.2, 0.25) is 0 Å². The minimum absolute atomic E-state index is 0.0200. The number of ether oxygens (including phenoxy) is 2. The lowest BCUT2D eigenvalue weighted by atomic mass is 10.1. The number of non-ortho nitro benzene ring substituents is 1. The molecule has 1 aliphatic heterocycles. The SMILES string of the molecule is CCC(C)Oc1cccc(C(=O)Nc2ccc([N+](=O)[O-])cc2N2CCOCC2)c1. The Balaban J connectivity index is 1.84. The van der Waals surface area contributed by atoms with Gasteiger partial charge in [0, 0.05) is 30.8 Å². The summed E-state index contributed by atoms with van der Waals surface area (Å²) in [5, 5.41) is 14.1. The summed E-state index contributed by atoms with van der Waals surface area (Å²) < 4.78 is 11.2. The van der Waals surface area contributed by atoms with Gasteiger partial charge in [-0.15, -0.1) is 0 Å². The fourth-order valence-electron chi connectivity index (χ4n) is 3.03.